The number of carbonyl (C=O) groups excluding carboxylic acids is 1. The van der Waals surface area contributed by atoms with Gasteiger partial charge < -0.3 is 15.8 Å². The molecule has 0 radical (unpaired) electrons. The Kier molecular flexibility index (Phi) is 8.55. The molecule has 0 aliphatic heterocycles. The predicted molar refractivity (Wildman–Crippen MR) is 61.0 cm³/mol. The van der Waals surface area contributed by atoms with Crippen LogP contribution in [0.5, 0.6) is 0 Å². The molecule has 0 bridgehead atoms. The van der Waals surface area contributed by atoms with Gasteiger partial charge in [0, 0.05) is 29.7 Å². The number of hydrogen-bond donors (Lipinski definition) is 2. The molecule has 0 spiro atoms. The van der Waals surface area contributed by atoms with E-state index in [1.807, 2.05) is 6.92 Å². The van der Waals surface area contributed by atoms with Crippen LogP contribution in [0.25, 0.3) is 0 Å². The average molecular weight is 236 g/mol. The van der Waals surface area contributed by atoms with Crippen molar-refractivity contribution in [2.45, 2.75) is 19.4 Å². The van der Waals surface area contributed by atoms with Crippen LogP contribution >= 0.6 is 0 Å². The highest BCUT2D eigenvalue weighted by Gasteiger charge is 2.10. The van der Waals surface area contributed by atoms with Gasteiger partial charge in [0.2, 0.25) is 5.91 Å². The average Bonchev–Trinajstić information content (AvgIpc) is 2.14. The zero-order valence-corrected chi connectivity index (χ0v) is 10.1. The molecule has 0 aromatic heterocycles. The van der Waals surface area contributed by atoms with Crippen molar-refractivity contribution in [2.24, 2.45) is 5.73 Å². The molecule has 0 rings (SSSR count). The summed E-state index contributed by atoms with van der Waals surface area (Å²) >= 11 is 0. The van der Waals surface area contributed by atoms with Gasteiger partial charge in [0.25, 0.3) is 0 Å². The van der Waals surface area contributed by atoms with Crippen LogP contribution < -0.4 is 11.1 Å². The summed E-state index contributed by atoms with van der Waals surface area (Å²) in [7, 11) is 0.468. The summed E-state index contributed by atoms with van der Waals surface area (Å²) in [6, 6.07) is -0.0472. The zero-order valence-electron chi connectivity index (χ0n) is 9.32. The molecule has 5 nitrogen and oxygen atoms in total. The maximum atomic E-state index is 11.3. The summed E-state index contributed by atoms with van der Waals surface area (Å²) in [6.45, 7) is 2.80. The Bertz CT molecular complexity index is 212. The van der Waals surface area contributed by atoms with Crippen LogP contribution in [0.2, 0.25) is 0 Å². The Balaban J connectivity index is 3.68. The highest BCUT2D eigenvalue weighted by molar-refractivity contribution is 7.85. The molecule has 0 saturated heterocycles. The first-order chi connectivity index (χ1) is 7.10. The molecule has 2 unspecified atom stereocenters. The fourth-order valence-corrected chi connectivity index (χ4v) is 2.08. The van der Waals surface area contributed by atoms with Crippen molar-refractivity contribution < 1.29 is 13.7 Å². The van der Waals surface area contributed by atoms with Crippen molar-refractivity contribution in [1.29, 1.82) is 0 Å². The van der Waals surface area contributed by atoms with E-state index in [4.69, 9.17) is 10.5 Å². The van der Waals surface area contributed by atoms with Crippen LogP contribution in [0.3, 0.4) is 0 Å². The van der Waals surface area contributed by atoms with Crippen molar-refractivity contribution in [3.05, 3.63) is 0 Å². The van der Waals surface area contributed by atoms with E-state index in [1.165, 1.54) is 0 Å². The Morgan fingerprint density at radius 1 is 1.60 bits per heavy atom. The number of ether oxygens (including phenoxy) is 1. The van der Waals surface area contributed by atoms with Gasteiger partial charge in [-0.15, -0.1) is 0 Å². The quantitative estimate of drug-likeness (QED) is 0.580. The molecule has 0 fully saturated rings. The van der Waals surface area contributed by atoms with Crippen LogP contribution in [0.15, 0.2) is 0 Å². The minimum atomic E-state index is -1.10. The van der Waals surface area contributed by atoms with E-state index >= 15 is 0 Å². The monoisotopic (exact) mass is 236 g/mol. The lowest BCUT2D eigenvalue weighted by atomic mass is 10.3. The second-order valence-corrected chi connectivity index (χ2v) is 4.93. The molecular weight excluding hydrogens is 216 g/mol. The summed E-state index contributed by atoms with van der Waals surface area (Å²) in [5.41, 5.74) is 5.28. The summed E-state index contributed by atoms with van der Waals surface area (Å²) in [4.78, 5) is 11.3. The van der Waals surface area contributed by atoms with Gasteiger partial charge in [0.1, 0.15) is 5.75 Å². The molecular formula is C9H20N2O3S. The van der Waals surface area contributed by atoms with Crippen molar-refractivity contribution in [2.75, 3.05) is 31.8 Å². The van der Waals surface area contributed by atoms with Crippen molar-refractivity contribution in [3.63, 3.8) is 0 Å². The van der Waals surface area contributed by atoms with E-state index in [1.54, 1.807) is 7.11 Å². The number of methoxy groups -OCH3 is 1. The third kappa shape index (κ3) is 8.53. The number of amides is 1. The maximum Gasteiger partial charge on any atom is 0.232 e. The van der Waals surface area contributed by atoms with Crippen LogP contribution in [-0.4, -0.2) is 47.9 Å². The lowest BCUT2D eigenvalue weighted by Gasteiger charge is -2.12. The first kappa shape index (κ1) is 14.5. The van der Waals surface area contributed by atoms with Crippen LogP contribution in [-0.2, 0) is 20.3 Å². The third-order valence-corrected chi connectivity index (χ3v) is 3.02. The van der Waals surface area contributed by atoms with Gasteiger partial charge >= 0.3 is 0 Å². The zero-order chi connectivity index (χ0) is 11.7. The van der Waals surface area contributed by atoms with E-state index < -0.39 is 10.8 Å². The lowest BCUT2D eigenvalue weighted by molar-refractivity contribution is -0.119. The third-order valence-electron chi connectivity index (χ3n) is 1.69. The number of rotatable bonds is 8. The highest BCUT2D eigenvalue weighted by atomic mass is 32.2. The standard InChI is InChI=1S/C9H20N2O3S/c1-8(6-14-2)11-9(12)7-15(13)5-3-4-10/h8H,3-7,10H2,1-2H3,(H,11,12). The fourth-order valence-electron chi connectivity index (χ4n) is 1.07. The van der Waals surface area contributed by atoms with Gasteiger partial charge in [0.05, 0.1) is 6.61 Å². The van der Waals surface area contributed by atoms with E-state index in [9.17, 15) is 9.00 Å². The largest absolute Gasteiger partial charge is 0.383 e. The molecule has 0 aliphatic rings. The molecule has 6 heteroatoms. The summed E-state index contributed by atoms with van der Waals surface area (Å²) < 4.78 is 16.2. The molecule has 0 aromatic rings. The Morgan fingerprint density at radius 3 is 2.80 bits per heavy atom. The van der Waals surface area contributed by atoms with Crippen molar-refractivity contribution in [1.82, 2.24) is 5.32 Å². The van der Waals surface area contributed by atoms with Crippen LogP contribution in [0.1, 0.15) is 13.3 Å². The smallest absolute Gasteiger partial charge is 0.232 e. The summed E-state index contributed by atoms with van der Waals surface area (Å²) in [6.07, 6.45) is 0.688. The van der Waals surface area contributed by atoms with E-state index in [0.717, 1.165) is 0 Å². The molecule has 3 N–H and O–H groups in total. The van der Waals surface area contributed by atoms with E-state index in [-0.39, 0.29) is 17.7 Å². The number of nitrogens with two attached hydrogens (primary N) is 1. The molecule has 90 valence electrons. The van der Waals surface area contributed by atoms with Gasteiger partial charge in [-0.2, -0.15) is 0 Å². The van der Waals surface area contributed by atoms with Gasteiger partial charge in [-0.1, -0.05) is 0 Å². The Hall–Kier alpha value is -0.460. The number of carbonyl (C=O) groups is 1. The summed E-state index contributed by atoms with van der Waals surface area (Å²) in [5.74, 6) is 0.339. The normalized spacial score (nSPS) is 14.6. The fraction of sp³-hybridized carbons (Fsp3) is 0.889. The molecule has 0 heterocycles. The van der Waals surface area contributed by atoms with Crippen LogP contribution in [0, 0.1) is 0 Å². The van der Waals surface area contributed by atoms with E-state index in [0.29, 0.717) is 25.3 Å². The van der Waals surface area contributed by atoms with Gasteiger partial charge in [-0.25, -0.2) is 0 Å². The SMILES string of the molecule is COCC(C)NC(=O)CS(=O)CCCN. The number of nitrogens with one attached hydrogen (secondary N) is 1. The predicted octanol–water partition coefficient (Wildman–Crippen LogP) is -0.765. The first-order valence-corrected chi connectivity index (χ1v) is 6.42. The lowest BCUT2D eigenvalue weighted by Crippen LogP contribution is -2.38. The van der Waals surface area contributed by atoms with Gasteiger partial charge in [-0.3, -0.25) is 9.00 Å². The minimum absolute atomic E-state index is 0.0472. The molecule has 0 aromatic carbocycles. The molecule has 0 aliphatic carbocycles. The molecule has 15 heavy (non-hydrogen) atoms. The second-order valence-electron chi connectivity index (χ2n) is 3.35. The number of hydrogen-bond acceptors (Lipinski definition) is 4. The second kappa shape index (κ2) is 8.82. The van der Waals surface area contributed by atoms with Crippen molar-refractivity contribution >= 4 is 16.7 Å². The van der Waals surface area contributed by atoms with Crippen molar-refractivity contribution in [3.8, 4) is 0 Å². The first-order valence-electron chi connectivity index (χ1n) is 4.93. The maximum absolute atomic E-state index is 11.3. The van der Waals surface area contributed by atoms with Gasteiger partial charge in [0.15, 0.2) is 0 Å². The molecule has 0 saturated carbocycles. The Morgan fingerprint density at radius 2 is 2.27 bits per heavy atom. The Labute approximate surface area is 93.2 Å². The molecule has 2 atom stereocenters. The molecule has 1 amide bonds. The van der Waals surface area contributed by atoms with Gasteiger partial charge in [-0.05, 0) is 19.9 Å². The van der Waals surface area contributed by atoms with E-state index in [2.05, 4.69) is 5.32 Å². The highest BCUT2D eigenvalue weighted by Crippen LogP contribution is 1.88. The topological polar surface area (TPSA) is 81.4 Å². The minimum Gasteiger partial charge on any atom is -0.383 e. The van der Waals surface area contributed by atoms with Crippen LogP contribution in [0.4, 0.5) is 0 Å². The summed E-state index contributed by atoms with van der Waals surface area (Å²) in [5, 5.41) is 2.70.